The van der Waals surface area contributed by atoms with Crippen LogP contribution < -0.4 is 10.1 Å². The van der Waals surface area contributed by atoms with Crippen molar-refractivity contribution >= 4 is 23.3 Å². The minimum Gasteiger partial charge on any atom is -0.489 e. The summed E-state index contributed by atoms with van der Waals surface area (Å²) in [6.07, 6.45) is 5.67. The summed E-state index contributed by atoms with van der Waals surface area (Å²) in [4.78, 5) is 25.1. The fourth-order valence-electron chi connectivity index (χ4n) is 2.87. The lowest BCUT2D eigenvalue weighted by Gasteiger charge is -2.15. The fourth-order valence-corrected chi connectivity index (χ4v) is 2.97. The number of carbonyl (C=O) groups is 1. The van der Waals surface area contributed by atoms with Gasteiger partial charge in [0.2, 0.25) is 5.91 Å². The van der Waals surface area contributed by atoms with E-state index in [2.05, 4.69) is 26.8 Å². The van der Waals surface area contributed by atoms with Crippen molar-refractivity contribution in [1.29, 1.82) is 0 Å². The highest BCUT2D eigenvalue weighted by molar-refractivity contribution is 6.31. The van der Waals surface area contributed by atoms with E-state index in [1.165, 1.54) is 6.20 Å². The van der Waals surface area contributed by atoms with E-state index in [4.69, 9.17) is 16.3 Å². The molecule has 1 N–H and O–H groups in total. The van der Waals surface area contributed by atoms with Crippen LogP contribution in [0.3, 0.4) is 0 Å². The Hall–Kier alpha value is -2.47. The SMILES string of the molecule is C=C[C@]1(COc2cnc(C)nc2C)C[C@H]1C(=O)Nc1cc(C)c(Cl)cn1. The van der Waals surface area contributed by atoms with Gasteiger partial charge in [-0.1, -0.05) is 17.7 Å². The first-order valence-corrected chi connectivity index (χ1v) is 8.72. The minimum absolute atomic E-state index is 0.0976. The summed E-state index contributed by atoms with van der Waals surface area (Å²) in [5.74, 6) is 1.51. The predicted octanol–water partition coefficient (Wildman–Crippen LogP) is 3.66. The van der Waals surface area contributed by atoms with Gasteiger partial charge >= 0.3 is 0 Å². The molecule has 1 aliphatic rings. The highest BCUT2D eigenvalue weighted by Crippen LogP contribution is 2.54. The molecule has 136 valence electrons. The second-order valence-electron chi connectivity index (χ2n) is 6.66. The van der Waals surface area contributed by atoms with Crippen LogP contribution in [0.5, 0.6) is 5.75 Å². The number of carbonyl (C=O) groups excluding carboxylic acids is 1. The molecule has 6 nitrogen and oxygen atoms in total. The second kappa shape index (κ2) is 7.03. The third-order valence-electron chi connectivity index (χ3n) is 4.69. The molecule has 26 heavy (non-hydrogen) atoms. The molecule has 2 atom stereocenters. The van der Waals surface area contributed by atoms with E-state index in [1.54, 1.807) is 18.3 Å². The van der Waals surface area contributed by atoms with Crippen LogP contribution in [-0.4, -0.2) is 27.5 Å². The standard InChI is InChI=1S/C19H21ClN4O2/c1-5-19(10-26-16-9-21-13(4)23-12(16)3)7-14(19)18(25)24-17-6-11(2)15(20)8-22-17/h5-6,8-9,14H,1,7,10H2,2-4H3,(H,22,24,25)/t14-,19+/m0/s1. The second-order valence-corrected chi connectivity index (χ2v) is 7.06. The topological polar surface area (TPSA) is 77.0 Å². The van der Waals surface area contributed by atoms with Crippen LogP contribution in [0, 0.1) is 32.1 Å². The number of ether oxygens (including phenoxy) is 1. The van der Waals surface area contributed by atoms with Gasteiger partial charge in [-0.15, -0.1) is 6.58 Å². The zero-order valence-electron chi connectivity index (χ0n) is 15.0. The lowest BCUT2D eigenvalue weighted by Crippen LogP contribution is -2.22. The molecule has 2 heterocycles. The average molecular weight is 373 g/mol. The Morgan fingerprint density at radius 3 is 2.85 bits per heavy atom. The van der Waals surface area contributed by atoms with Crippen LogP contribution in [0.4, 0.5) is 5.82 Å². The highest BCUT2D eigenvalue weighted by Gasteiger charge is 2.57. The number of rotatable bonds is 6. The molecule has 3 rings (SSSR count). The smallest absolute Gasteiger partial charge is 0.229 e. The fraction of sp³-hybridized carbons (Fsp3) is 0.368. The lowest BCUT2D eigenvalue weighted by molar-refractivity contribution is -0.118. The summed E-state index contributed by atoms with van der Waals surface area (Å²) in [5, 5.41) is 3.41. The van der Waals surface area contributed by atoms with Gasteiger partial charge in [-0.3, -0.25) is 4.79 Å². The van der Waals surface area contributed by atoms with Crippen molar-refractivity contribution in [3.05, 3.63) is 53.2 Å². The summed E-state index contributed by atoms with van der Waals surface area (Å²) in [6.45, 7) is 9.81. The maximum absolute atomic E-state index is 12.6. The molecule has 0 spiro atoms. The number of anilines is 1. The van der Waals surface area contributed by atoms with Gasteiger partial charge < -0.3 is 10.1 Å². The van der Waals surface area contributed by atoms with E-state index < -0.39 is 0 Å². The number of aromatic nitrogens is 3. The maximum Gasteiger partial charge on any atom is 0.229 e. The van der Waals surface area contributed by atoms with Gasteiger partial charge in [0, 0.05) is 11.6 Å². The Balaban J connectivity index is 1.63. The number of amides is 1. The summed E-state index contributed by atoms with van der Waals surface area (Å²) >= 11 is 5.97. The Labute approximate surface area is 157 Å². The maximum atomic E-state index is 12.6. The van der Waals surface area contributed by atoms with E-state index >= 15 is 0 Å². The van der Waals surface area contributed by atoms with Crippen molar-refractivity contribution in [2.24, 2.45) is 11.3 Å². The summed E-state index contributed by atoms with van der Waals surface area (Å²) in [7, 11) is 0. The van der Waals surface area contributed by atoms with Gasteiger partial charge in [-0.05, 0) is 38.8 Å². The Bertz CT molecular complexity index is 871. The first kappa shape index (κ1) is 18.3. The van der Waals surface area contributed by atoms with E-state index in [9.17, 15) is 4.79 Å². The number of aryl methyl sites for hydroxylation is 3. The van der Waals surface area contributed by atoms with E-state index in [-0.39, 0.29) is 17.2 Å². The van der Waals surface area contributed by atoms with Gasteiger partial charge in [0.25, 0.3) is 0 Å². The molecule has 2 aromatic heterocycles. The largest absolute Gasteiger partial charge is 0.489 e. The molecule has 1 amide bonds. The van der Waals surface area contributed by atoms with Crippen LogP contribution >= 0.6 is 11.6 Å². The molecule has 1 aliphatic carbocycles. The van der Waals surface area contributed by atoms with Gasteiger partial charge in [0.05, 0.1) is 29.4 Å². The van der Waals surface area contributed by atoms with Gasteiger partial charge in [-0.25, -0.2) is 15.0 Å². The molecule has 0 unspecified atom stereocenters. The van der Waals surface area contributed by atoms with Gasteiger partial charge in [0.1, 0.15) is 11.6 Å². The molecule has 0 radical (unpaired) electrons. The first-order chi connectivity index (χ1) is 12.3. The summed E-state index contributed by atoms with van der Waals surface area (Å²) in [5.41, 5.74) is 1.25. The van der Waals surface area contributed by atoms with Crippen molar-refractivity contribution in [2.45, 2.75) is 27.2 Å². The predicted molar refractivity (Wildman–Crippen MR) is 100 cm³/mol. The quantitative estimate of drug-likeness (QED) is 0.783. The van der Waals surface area contributed by atoms with Crippen molar-refractivity contribution in [1.82, 2.24) is 15.0 Å². The molecule has 0 bridgehead atoms. The number of nitrogens with one attached hydrogen (secondary N) is 1. The Morgan fingerprint density at radius 1 is 1.42 bits per heavy atom. The first-order valence-electron chi connectivity index (χ1n) is 8.34. The van der Waals surface area contributed by atoms with Crippen molar-refractivity contribution in [3.8, 4) is 5.75 Å². The van der Waals surface area contributed by atoms with Crippen LogP contribution in [-0.2, 0) is 4.79 Å². The summed E-state index contributed by atoms with van der Waals surface area (Å²) in [6, 6.07) is 1.75. The third kappa shape index (κ3) is 3.70. The average Bonchev–Trinajstić information content (AvgIpc) is 3.33. The molecule has 0 aliphatic heterocycles. The molecule has 1 saturated carbocycles. The normalized spacial score (nSPS) is 21.2. The van der Waals surface area contributed by atoms with Crippen LogP contribution in [0.2, 0.25) is 5.02 Å². The minimum atomic E-state index is -0.386. The number of pyridine rings is 1. The van der Waals surface area contributed by atoms with Gasteiger partial charge in [0.15, 0.2) is 5.75 Å². The number of hydrogen-bond acceptors (Lipinski definition) is 5. The van der Waals surface area contributed by atoms with E-state index in [0.29, 0.717) is 35.4 Å². The highest BCUT2D eigenvalue weighted by atomic mass is 35.5. The molecular weight excluding hydrogens is 352 g/mol. The Kier molecular flexibility index (Phi) is 4.96. The number of nitrogens with zero attached hydrogens (tertiary/aromatic N) is 3. The molecular formula is C19H21ClN4O2. The zero-order valence-corrected chi connectivity index (χ0v) is 15.8. The number of hydrogen-bond donors (Lipinski definition) is 1. The third-order valence-corrected chi connectivity index (χ3v) is 5.09. The van der Waals surface area contributed by atoms with E-state index in [0.717, 1.165) is 11.3 Å². The molecule has 1 fully saturated rings. The van der Waals surface area contributed by atoms with Crippen LogP contribution in [0.15, 0.2) is 31.1 Å². The van der Waals surface area contributed by atoms with Crippen LogP contribution in [0.25, 0.3) is 0 Å². The number of halogens is 1. The van der Waals surface area contributed by atoms with Crippen LogP contribution in [0.1, 0.15) is 23.5 Å². The van der Waals surface area contributed by atoms with Crippen molar-refractivity contribution in [3.63, 3.8) is 0 Å². The van der Waals surface area contributed by atoms with E-state index in [1.807, 2.05) is 20.8 Å². The van der Waals surface area contributed by atoms with Crippen molar-refractivity contribution < 1.29 is 9.53 Å². The monoisotopic (exact) mass is 372 g/mol. The van der Waals surface area contributed by atoms with Crippen molar-refractivity contribution in [2.75, 3.05) is 11.9 Å². The van der Waals surface area contributed by atoms with Gasteiger partial charge in [-0.2, -0.15) is 0 Å². The molecule has 0 aromatic carbocycles. The molecule has 2 aromatic rings. The Morgan fingerprint density at radius 2 is 2.19 bits per heavy atom. The molecule has 7 heteroatoms. The summed E-state index contributed by atoms with van der Waals surface area (Å²) < 4.78 is 5.87. The molecule has 0 saturated heterocycles. The lowest BCUT2D eigenvalue weighted by atomic mass is 10.1. The zero-order chi connectivity index (χ0) is 18.9.